The molecule has 0 aliphatic heterocycles. The summed E-state index contributed by atoms with van der Waals surface area (Å²) in [5.41, 5.74) is 0.461. The standard InChI is InChI=1S/C10H5Cl5O2/c11-9(12)7(16)5-1-3-6(4-2-5)8(17)10(13,14)15/h1-4,9H. The van der Waals surface area contributed by atoms with Gasteiger partial charge in [-0.2, -0.15) is 0 Å². The maximum Gasteiger partial charge on any atom is 0.253 e. The predicted molar refractivity (Wildman–Crippen MR) is 70.9 cm³/mol. The Balaban J connectivity index is 2.97. The van der Waals surface area contributed by atoms with Crippen molar-refractivity contribution in [2.24, 2.45) is 0 Å². The topological polar surface area (TPSA) is 34.1 Å². The van der Waals surface area contributed by atoms with Crippen LogP contribution in [0, 0.1) is 0 Å². The molecule has 92 valence electrons. The zero-order valence-corrected chi connectivity index (χ0v) is 11.9. The van der Waals surface area contributed by atoms with Gasteiger partial charge >= 0.3 is 0 Å². The van der Waals surface area contributed by atoms with Crippen molar-refractivity contribution in [2.75, 3.05) is 0 Å². The molecule has 0 amide bonds. The third-order valence-electron chi connectivity index (χ3n) is 1.89. The molecule has 2 nitrogen and oxygen atoms in total. The number of benzene rings is 1. The number of alkyl halides is 5. The summed E-state index contributed by atoms with van der Waals surface area (Å²) in [5, 5.41) is 0. The lowest BCUT2D eigenvalue weighted by atomic mass is 10.1. The number of ketones is 2. The lowest BCUT2D eigenvalue weighted by molar-refractivity contribution is 0.0989. The van der Waals surface area contributed by atoms with Crippen LogP contribution in [0.3, 0.4) is 0 Å². The summed E-state index contributed by atoms with van der Waals surface area (Å²) < 4.78 is -2.02. The Morgan fingerprint density at radius 1 is 0.941 bits per heavy atom. The molecule has 0 radical (unpaired) electrons. The molecule has 0 unspecified atom stereocenters. The Hall–Kier alpha value is 0.01000. The summed E-state index contributed by atoms with van der Waals surface area (Å²) in [6.07, 6.45) is 0. The van der Waals surface area contributed by atoms with E-state index in [1.165, 1.54) is 24.3 Å². The first kappa shape index (κ1) is 15.1. The first-order valence-electron chi connectivity index (χ1n) is 4.27. The van der Waals surface area contributed by atoms with E-state index < -0.39 is 20.2 Å². The Bertz CT molecular complexity index is 433. The molecule has 0 fully saturated rings. The number of halogens is 5. The molecule has 0 aromatic heterocycles. The van der Waals surface area contributed by atoms with Crippen molar-refractivity contribution in [3.05, 3.63) is 35.4 Å². The van der Waals surface area contributed by atoms with Gasteiger partial charge in [-0.05, 0) is 0 Å². The van der Waals surface area contributed by atoms with Crippen LogP contribution in [0.25, 0.3) is 0 Å². The van der Waals surface area contributed by atoms with Crippen LogP contribution in [0.4, 0.5) is 0 Å². The number of carbonyl (C=O) groups excluding carboxylic acids is 2. The maximum atomic E-state index is 11.5. The molecule has 1 aromatic rings. The highest BCUT2D eigenvalue weighted by molar-refractivity contribution is 6.77. The molecule has 0 N–H and O–H groups in total. The average Bonchev–Trinajstić information content (AvgIpc) is 2.26. The Morgan fingerprint density at radius 2 is 1.35 bits per heavy atom. The fourth-order valence-corrected chi connectivity index (χ4v) is 1.65. The smallest absolute Gasteiger partial charge is 0.253 e. The van der Waals surface area contributed by atoms with E-state index >= 15 is 0 Å². The lowest BCUT2D eigenvalue weighted by Crippen LogP contribution is -2.19. The molecular weight excluding hydrogens is 329 g/mol. The molecular formula is C10H5Cl5O2. The molecule has 1 aromatic carbocycles. The van der Waals surface area contributed by atoms with E-state index in [2.05, 4.69) is 0 Å². The van der Waals surface area contributed by atoms with Crippen molar-refractivity contribution < 1.29 is 9.59 Å². The third kappa shape index (κ3) is 4.01. The van der Waals surface area contributed by atoms with Gasteiger partial charge in [0.1, 0.15) is 0 Å². The van der Waals surface area contributed by atoms with Crippen molar-refractivity contribution in [3.63, 3.8) is 0 Å². The quantitative estimate of drug-likeness (QED) is 0.612. The highest BCUT2D eigenvalue weighted by Crippen LogP contribution is 2.30. The Kier molecular flexibility index (Phi) is 5.11. The van der Waals surface area contributed by atoms with E-state index in [9.17, 15) is 9.59 Å². The van der Waals surface area contributed by atoms with E-state index in [1.54, 1.807) is 0 Å². The predicted octanol–water partition coefficient (Wildman–Crippen LogP) is 4.23. The number of carbonyl (C=O) groups is 2. The molecule has 0 aliphatic carbocycles. The first-order valence-corrected chi connectivity index (χ1v) is 6.28. The fraction of sp³-hybridized carbons (Fsp3) is 0.200. The van der Waals surface area contributed by atoms with E-state index in [-0.39, 0.29) is 11.1 Å². The molecule has 0 saturated carbocycles. The summed E-state index contributed by atoms with van der Waals surface area (Å²) in [6, 6.07) is 5.52. The van der Waals surface area contributed by atoms with Gasteiger partial charge in [-0.15, -0.1) is 0 Å². The highest BCUT2D eigenvalue weighted by Gasteiger charge is 2.31. The number of hydrogen-bond acceptors (Lipinski definition) is 2. The van der Waals surface area contributed by atoms with Gasteiger partial charge in [0.05, 0.1) is 0 Å². The SMILES string of the molecule is O=C(c1ccc(C(=O)C(Cl)(Cl)Cl)cc1)C(Cl)Cl. The molecule has 7 heteroatoms. The van der Waals surface area contributed by atoms with Gasteiger partial charge < -0.3 is 0 Å². The van der Waals surface area contributed by atoms with Gasteiger partial charge in [-0.1, -0.05) is 82.3 Å². The second kappa shape index (κ2) is 5.77. The van der Waals surface area contributed by atoms with Gasteiger partial charge in [-0.25, -0.2) is 0 Å². The molecule has 0 atom stereocenters. The first-order chi connectivity index (χ1) is 7.73. The minimum absolute atomic E-state index is 0.183. The van der Waals surface area contributed by atoms with E-state index in [0.717, 1.165) is 0 Å². The van der Waals surface area contributed by atoms with Crippen molar-refractivity contribution >= 4 is 69.6 Å². The van der Waals surface area contributed by atoms with Crippen molar-refractivity contribution in [3.8, 4) is 0 Å². The normalized spacial score (nSPS) is 11.6. The summed E-state index contributed by atoms with van der Waals surface area (Å²) >= 11 is 27.2. The van der Waals surface area contributed by atoms with Crippen LogP contribution in [-0.2, 0) is 0 Å². The van der Waals surface area contributed by atoms with Crippen LogP contribution in [0.1, 0.15) is 20.7 Å². The number of rotatable bonds is 3. The van der Waals surface area contributed by atoms with Gasteiger partial charge in [0.2, 0.25) is 5.78 Å². The second-order valence-electron chi connectivity index (χ2n) is 3.07. The van der Waals surface area contributed by atoms with Gasteiger partial charge in [-0.3, -0.25) is 9.59 Å². The molecule has 17 heavy (non-hydrogen) atoms. The van der Waals surface area contributed by atoms with Crippen molar-refractivity contribution in [1.82, 2.24) is 0 Å². The molecule has 0 saturated heterocycles. The van der Waals surface area contributed by atoms with E-state index in [4.69, 9.17) is 58.0 Å². The Labute approximate surface area is 123 Å². The average molecular weight is 334 g/mol. The fourth-order valence-electron chi connectivity index (χ4n) is 1.08. The maximum absolute atomic E-state index is 11.5. The summed E-state index contributed by atoms with van der Waals surface area (Å²) in [4.78, 5) is 21.8. The summed E-state index contributed by atoms with van der Waals surface area (Å²) in [7, 11) is 0. The van der Waals surface area contributed by atoms with Crippen LogP contribution < -0.4 is 0 Å². The summed E-state index contributed by atoms with van der Waals surface area (Å²) in [5.74, 6) is -1.13. The minimum atomic E-state index is -2.02. The second-order valence-corrected chi connectivity index (χ2v) is 6.45. The van der Waals surface area contributed by atoms with Gasteiger partial charge in [0, 0.05) is 11.1 Å². The largest absolute Gasteiger partial charge is 0.291 e. The minimum Gasteiger partial charge on any atom is -0.291 e. The molecule has 0 bridgehead atoms. The van der Waals surface area contributed by atoms with Crippen molar-refractivity contribution in [2.45, 2.75) is 8.63 Å². The molecule has 0 spiro atoms. The zero-order valence-electron chi connectivity index (χ0n) is 8.09. The van der Waals surface area contributed by atoms with Gasteiger partial charge in [0.15, 0.2) is 10.6 Å². The van der Waals surface area contributed by atoms with E-state index in [1.807, 2.05) is 0 Å². The van der Waals surface area contributed by atoms with Gasteiger partial charge in [0.25, 0.3) is 3.79 Å². The lowest BCUT2D eigenvalue weighted by Gasteiger charge is -2.09. The highest BCUT2D eigenvalue weighted by atomic mass is 35.6. The molecule has 0 aliphatic rings. The number of hydrogen-bond donors (Lipinski definition) is 0. The van der Waals surface area contributed by atoms with E-state index in [0.29, 0.717) is 0 Å². The van der Waals surface area contributed by atoms with Crippen LogP contribution in [-0.4, -0.2) is 20.2 Å². The van der Waals surface area contributed by atoms with Crippen LogP contribution in [0.15, 0.2) is 24.3 Å². The third-order valence-corrected chi connectivity index (χ3v) is 2.80. The van der Waals surface area contributed by atoms with Crippen molar-refractivity contribution in [1.29, 1.82) is 0 Å². The van der Waals surface area contributed by atoms with Crippen LogP contribution >= 0.6 is 58.0 Å². The van der Waals surface area contributed by atoms with Crippen LogP contribution in [0.5, 0.6) is 0 Å². The number of Topliss-reactive ketones (excluding diaryl/α,β-unsaturated/α-hetero) is 2. The monoisotopic (exact) mass is 332 g/mol. The van der Waals surface area contributed by atoms with Crippen LogP contribution in [0.2, 0.25) is 0 Å². The Morgan fingerprint density at radius 3 is 1.71 bits per heavy atom. The zero-order chi connectivity index (χ0) is 13.2. The molecule has 1 rings (SSSR count). The molecule has 0 heterocycles. The summed E-state index contributed by atoms with van der Waals surface area (Å²) in [6.45, 7) is 0.